The molecule has 1 saturated heterocycles. The predicted molar refractivity (Wildman–Crippen MR) is 73.6 cm³/mol. The van der Waals surface area contributed by atoms with E-state index < -0.39 is 5.97 Å². The molecule has 0 saturated carbocycles. The van der Waals surface area contributed by atoms with Crippen LogP contribution in [-0.4, -0.2) is 79.5 Å². The number of thioether (sulfide) groups is 1. The average Bonchev–Trinajstić information content (AvgIpc) is 2.39. The number of carbonyl (C=O) groups is 2. The summed E-state index contributed by atoms with van der Waals surface area (Å²) in [5.41, 5.74) is 0. The third kappa shape index (κ3) is 8.68. The zero-order valence-electron chi connectivity index (χ0n) is 10.9. The van der Waals surface area contributed by atoms with Gasteiger partial charge in [-0.15, -0.1) is 0 Å². The van der Waals surface area contributed by atoms with Crippen molar-refractivity contribution in [1.29, 1.82) is 0 Å². The van der Waals surface area contributed by atoms with Gasteiger partial charge in [0.15, 0.2) is 0 Å². The molecule has 8 heteroatoms. The molecule has 1 rings (SSSR count). The van der Waals surface area contributed by atoms with Gasteiger partial charge in [-0.05, 0) is 0 Å². The topological polar surface area (TPSA) is 90.9 Å². The third-order valence-electron chi connectivity index (χ3n) is 2.57. The molecule has 3 N–H and O–H groups in total. The lowest BCUT2D eigenvalue weighted by atomic mass is 10.4. The summed E-state index contributed by atoms with van der Waals surface area (Å²) in [5.74, 6) is 1.31. The number of ether oxygens (including phenoxy) is 1. The van der Waals surface area contributed by atoms with E-state index in [0.29, 0.717) is 13.1 Å². The molecule has 0 aromatic rings. The van der Waals surface area contributed by atoms with Gasteiger partial charge in [0.1, 0.15) is 6.61 Å². The molecule has 1 aliphatic rings. The highest BCUT2D eigenvalue weighted by atomic mass is 32.2. The maximum absolute atomic E-state index is 11.4. The second-order valence-corrected chi connectivity index (χ2v) is 5.31. The van der Waals surface area contributed by atoms with E-state index >= 15 is 0 Å². The minimum absolute atomic E-state index is 0.197. The minimum Gasteiger partial charge on any atom is -0.480 e. The number of rotatable bonds is 8. The van der Waals surface area contributed by atoms with Crippen molar-refractivity contribution < 1.29 is 19.4 Å². The van der Waals surface area contributed by atoms with Gasteiger partial charge in [-0.2, -0.15) is 11.8 Å². The lowest BCUT2D eigenvalue weighted by molar-refractivity contribution is -0.142. The Labute approximate surface area is 117 Å². The molecule has 0 spiro atoms. The summed E-state index contributed by atoms with van der Waals surface area (Å²) in [4.78, 5) is 23.8. The zero-order chi connectivity index (χ0) is 13.9. The Morgan fingerprint density at radius 3 is 2.58 bits per heavy atom. The second-order valence-electron chi connectivity index (χ2n) is 4.08. The van der Waals surface area contributed by atoms with E-state index in [2.05, 4.69) is 15.5 Å². The molecule has 0 aliphatic carbocycles. The van der Waals surface area contributed by atoms with E-state index in [-0.39, 0.29) is 19.2 Å². The first-order valence-corrected chi connectivity index (χ1v) is 7.45. The standard InChI is InChI=1S/C11H21N3O4S/c15-10(16)9-18-6-2-13-11(17)12-1-3-14-4-7-19-8-5-14/h1-9H2,(H,15,16)(H2,12,13,17). The molecule has 0 aromatic heterocycles. The van der Waals surface area contributed by atoms with Crippen molar-refractivity contribution in [2.24, 2.45) is 0 Å². The van der Waals surface area contributed by atoms with Crippen LogP contribution in [-0.2, 0) is 9.53 Å². The molecule has 1 heterocycles. The first-order valence-electron chi connectivity index (χ1n) is 6.30. The number of hydrogen-bond donors (Lipinski definition) is 3. The van der Waals surface area contributed by atoms with Crippen LogP contribution in [0.3, 0.4) is 0 Å². The van der Waals surface area contributed by atoms with Crippen molar-refractivity contribution in [3.63, 3.8) is 0 Å². The molecular weight excluding hydrogens is 270 g/mol. The smallest absolute Gasteiger partial charge is 0.329 e. The van der Waals surface area contributed by atoms with E-state index in [1.807, 2.05) is 11.8 Å². The van der Waals surface area contributed by atoms with Crippen molar-refractivity contribution >= 4 is 23.8 Å². The van der Waals surface area contributed by atoms with Gasteiger partial charge in [0.05, 0.1) is 6.61 Å². The van der Waals surface area contributed by atoms with Crippen molar-refractivity contribution in [3.05, 3.63) is 0 Å². The fraction of sp³-hybridized carbons (Fsp3) is 0.818. The van der Waals surface area contributed by atoms with Crippen LogP contribution in [0.5, 0.6) is 0 Å². The first kappa shape index (κ1) is 16.1. The number of carboxylic acids is 1. The van der Waals surface area contributed by atoms with E-state index in [4.69, 9.17) is 9.84 Å². The maximum atomic E-state index is 11.4. The van der Waals surface area contributed by atoms with Gasteiger partial charge in [-0.25, -0.2) is 9.59 Å². The van der Waals surface area contributed by atoms with Crippen LogP contribution in [0.1, 0.15) is 0 Å². The minimum atomic E-state index is -1.01. The van der Waals surface area contributed by atoms with E-state index in [1.165, 1.54) is 0 Å². The van der Waals surface area contributed by atoms with Crippen molar-refractivity contribution in [3.8, 4) is 0 Å². The van der Waals surface area contributed by atoms with E-state index in [1.54, 1.807) is 0 Å². The predicted octanol–water partition coefficient (Wildman–Crippen LogP) is -0.564. The van der Waals surface area contributed by atoms with Crippen LogP contribution in [0, 0.1) is 0 Å². The van der Waals surface area contributed by atoms with Gasteiger partial charge in [0.2, 0.25) is 0 Å². The number of amides is 2. The molecular formula is C11H21N3O4S. The Hall–Kier alpha value is -0.990. The quantitative estimate of drug-likeness (QED) is 0.519. The third-order valence-corrected chi connectivity index (χ3v) is 3.52. The SMILES string of the molecule is O=C(O)COCCNC(=O)NCCN1CCSCC1. The van der Waals surface area contributed by atoms with Gasteiger partial charge >= 0.3 is 12.0 Å². The number of carboxylic acid groups (broad SMARTS) is 1. The van der Waals surface area contributed by atoms with Crippen molar-refractivity contribution in [1.82, 2.24) is 15.5 Å². The molecule has 0 bridgehead atoms. The Morgan fingerprint density at radius 2 is 1.89 bits per heavy atom. The van der Waals surface area contributed by atoms with Crippen LogP contribution in [0.25, 0.3) is 0 Å². The summed E-state index contributed by atoms with van der Waals surface area (Å²) in [5, 5.41) is 13.7. The highest BCUT2D eigenvalue weighted by molar-refractivity contribution is 7.99. The van der Waals surface area contributed by atoms with E-state index in [9.17, 15) is 9.59 Å². The molecule has 7 nitrogen and oxygen atoms in total. The lowest BCUT2D eigenvalue weighted by Crippen LogP contribution is -2.43. The van der Waals surface area contributed by atoms with Crippen molar-refractivity contribution in [2.45, 2.75) is 0 Å². The molecule has 1 fully saturated rings. The summed E-state index contributed by atoms with van der Waals surface area (Å²) < 4.78 is 4.79. The number of urea groups is 1. The van der Waals surface area contributed by atoms with Gasteiger partial charge in [0.25, 0.3) is 0 Å². The fourth-order valence-corrected chi connectivity index (χ4v) is 2.59. The molecule has 2 amide bonds. The molecule has 0 aromatic carbocycles. The van der Waals surface area contributed by atoms with Gasteiger partial charge in [0, 0.05) is 44.2 Å². The molecule has 0 atom stereocenters. The lowest BCUT2D eigenvalue weighted by Gasteiger charge is -2.25. The normalized spacial score (nSPS) is 16.0. The monoisotopic (exact) mass is 291 g/mol. The van der Waals surface area contributed by atoms with Gasteiger partial charge in [-0.1, -0.05) is 0 Å². The number of aliphatic carboxylic acids is 1. The summed E-state index contributed by atoms with van der Waals surface area (Å²) >= 11 is 1.96. The summed E-state index contributed by atoms with van der Waals surface area (Å²) in [6.45, 7) is 3.81. The Kier molecular flexibility index (Phi) is 8.35. The van der Waals surface area contributed by atoms with Crippen molar-refractivity contribution in [2.75, 3.05) is 57.4 Å². The highest BCUT2D eigenvalue weighted by Gasteiger charge is 2.09. The average molecular weight is 291 g/mol. The molecule has 1 aliphatic heterocycles. The molecule has 0 unspecified atom stereocenters. The maximum Gasteiger partial charge on any atom is 0.329 e. The summed E-state index contributed by atoms with van der Waals surface area (Å²) in [7, 11) is 0. The number of hydrogen-bond acceptors (Lipinski definition) is 5. The Bertz CT molecular complexity index is 285. The molecule has 0 radical (unpaired) electrons. The first-order chi connectivity index (χ1) is 9.18. The van der Waals surface area contributed by atoms with Gasteiger partial charge < -0.3 is 20.5 Å². The largest absolute Gasteiger partial charge is 0.480 e. The molecule has 110 valence electrons. The van der Waals surface area contributed by atoms with Crippen LogP contribution >= 0.6 is 11.8 Å². The number of nitrogens with one attached hydrogen (secondary N) is 2. The van der Waals surface area contributed by atoms with Crippen LogP contribution < -0.4 is 10.6 Å². The summed E-state index contributed by atoms with van der Waals surface area (Å²) in [6, 6.07) is -0.245. The second kappa shape index (κ2) is 9.88. The Balaban J connectivity index is 1.91. The van der Waals surface area contributed by atoms with Crippen LogP contribution in [0.4, 0.5) is 4.79 Å². The van der Waals surface area contributed by atoms with Crippen LogP contribution in [0.15, 0.2) is 0 Å². The fourth-order valence-electron chi connectivity index (χ4n) is 1.61. The summed E-state index contributed by atoms with van der Waals surface area (Å²) in [6.07, 6.45) is 0. The van der Waals surface area contributed by atoms with E-state index in [0.717, 1.165) is 31.1 Å². The highest BCUT2D eigenvalue weighted by Crippen LogP contribution is 2.07. The van der Waals surface area contributed by atoms with Gasteiger partial charge in [-0.3, -0.25) is 4.90 Å². The Morgan fingerprint density at radius 1 is 1.21 bits per heavy atom. The van der Waals surface area contributed by atoms with Crippen LogP contribution in [0.2, 0.25) is 0 Å². The molecule has 19 heavy (non-hydrogen) atoms. The number of carbonyl (C=O) groups excluding carboxylic acids is 1. The zero-order valence-corrected chi connectivity index (χ0v) is 11.7. The number of nitrogens with zero attached hydrogens (tertiary/aromatic N) is 1.